The number of hydrogen-bond donors (Lipinski definition) is 1. The highest BCUT2D eigenvalue weighted by atomic mass is 16.5. The van der Waals surface area contributed by atoms with Gasteiger partial charge in [-0.25, -0.2) is 9.59 Å². The fraction of sp³-hybridized carbons (Fsp3) is 0.250. The zero-order valence-corrected chi connectivity index (χ0v) is 14.8. The van der Waals surface area contributed by atoms with Crippen LogP contribution in [0.2, 0.25) is 0 Å². The smallest absolute Gasteiger partial charge is 0.342 e. The third-order valence-corrected chi connectivity index (χ3v) is 4.49. The van der Waals surface area contributed by atoms with Gasteiger partial charge in [0.05, 0.1) is 7.11 Å². The first-order chi connectivity index (χ1) is 13.0. The maximum absolute atomic E-state index is 12.6. The van der Waals surface area contributed by atoms with Gasteiger partial charge in [-0.15, -0.1) is 0 Å². The average molecular weight is 369 g/mol. The molecule has 0 saturated carbocycles. The molecule has 0 fully saturated rings. The molecule has 27 heavy (non-hydrogen) atoms. The molecule has 1 heterocycles. The van der Waals surface area contributed by atoms with Crippen LogP contribution in [-0.4, -0.2) is 47.6 Å². The van der Waals surface area contributed by atoms with Crippen LogP contribution in [-0.2, 0) is 32.0 Å². The quantitative estimate of drug-likeness (QED) is 0.824. The molecular formula is C20H19NO6. The summed E-state index contributed by atoms with van der Waals surface area (Å²) in [5, 5.41) is 9.69. The van der Waals surface area contributed by atoms with Crippen molar-refractivity contribution in [3.05, 3.63) is 65.2 Å². The molecule has 3 rings (SSSR count). The van der Waals surface area contributed by atoms with Gasteiger partial charge in [-0.1, -0.05) is 36.4 Å². The number of para-hydroxylation sites is 1. The summed E-state index contributed by atoms with van der Waals surface area (Å²) in [4.78, 5) is 38.2. The molecule has 140 valence electrons. The van der Waals surface area contributed by atoms with Crippen LogP contribution in [0, 0.1) is 0 Å². The molecule has 2 aromatic rings. The van der Waals surface area contributed by atoms with E-state index in [-0.39, 0.29) is 17.9 Å². The number of benzene rings is 2. The Bertz CT molecular complexity index is 878. The first-order valence-electron chi connectivity index (χ1n) is 8.40. The first-order valence-corrected chi connectivity index (χ1v) is 8.40. The second-order valence-electron chi connectivity index (χ2n) is 6.13. The van der Waals surface area contributed by atoms with Crippen molar-refractivity contribution in [3.8, 4) is 5.75 Å². The number of rotatable bonds is 4. The Kier molecular flexibility index (Phi) is 5.40. The number of carbonyl (C=O) groups is 3. The third-order valence-electron chi connectivity index (χ3n) is 4.49. The second-order valence-corrected chi connectivity index (χ2v) is 6.13. The van der Waals surface area contributed by atoms with E-state index in [1.165, 1.54) is 24.1 Å². The van der Waals surface area contributed by atoms with E-state index in [4.69, 9.17) is 9.47 Å². The van der Waals surface area contributed by atoms with E-state index in [0.717, 1.165) is 11.1 Å². The third kappa shape index (κ3) is 3.92. The summed E-state index contributed by atoms with van der Waals surface area (Å²) in [5.74, 6) is -2.07. The minimum absolute atomic E-state index is 0.0289. The van der Waals surface area contributed by atoms with E-state index in [1.807, 2.05) is 24.3 Å². The van der Waals surface area contributed by atoms with E-state index in [1.54, 1.807) is 12.1 Å². The van der Waals surface area contributed by atoms with Gasteiger partial charge in [-0.3, -0.25) is 4.79 Å². The maximum Gasteiger partial charge on any atom is 0.342 e. The van der Waals surface area contributed by atoms with Crippen LogP contribution in [0.5, 0.6) is 5.75 Å². The summed E-state index contributed by atoms with van der Waals surface area (Å²) in [6, 6.07) is 12.7. The van der Waals surface area contributed by atoms with Gasteiger partial charge in [0.25, 0.3) is 5.91 Å². The van der Waals surface area contributed by atoms with E-state index in [0.29, 0.717) is 6.42 Å². The summed E-state index contributed by atoms with van der Waals surface area (Å²) in [6.45, 7) is -0.314. The fourth-order valence-corrected chi connectivity index (χ4v) is 3.07. The van der Waals surface area contributed by atoms with Gasteiger partial charge in [-0.2, -0.15) is 0 Å². The summed E-state index contributed by atoms with van der Waals surface area (Å²) in [5.41, 5.74) is 1.87. The van der Waals surface area contributed by atoms with Crippen molar-refractivity contribution in [2.24, 2.45) is 0 Å². The average Bonchev–Trinajstić information content (AvgIpc) is 2.70. The van der Waals surface area contributed by atoms with Crippen molar-refractivity contribution in [2.75, 3.05) is 13.7 Å². The Morgan fingerprint density at radius 2 is 1.74 bits per heavy atom. The molecule has 0 bridgehead atoms. The monoisotopic (exact) mass is 369 g/mol. The van der Waals surface area contributed by atoms with Gasteiger partial charge < -0.3 is 19.5 Å². The molecule has 1 aliphatic rings. The Morgan fingerprint density at radius 3 is 2.44 bits per heavy atom. The van der Waals surface area contributed by atoms with Crippen LogP contribution >= 0.6 is 0 Å². The molecule has 1 atom stereocenters. The standard InChI is InChI=1S/C20H19NO6/c1-26-20(25)16-10-13-6-2-3-7-14(13)11-21(16)18(23)12-27-19(24)15-8-4-5-9-17(15)22/h2-9,16,22H,10-12H2,1H3/t16-/m1/s1. The largest absolute Gasteiger partial charge is 0.507 e. The number of ether oxygens (including phenoxy) is 2. The zero-order chi connectivity index (χ0) is 19.4. The van der Waals surface area contributed by atoms with Gasteiger partial charge in [0.1, 0.15) is 17.4 Å². The molecule has 2 aromatic carbocycles. The van der Waals surface area contributed by atoms with Crippen molar-refractivity contribution in [2.45, 2.75) is 19.0 Å². The van der Waals surface area contributed by atoms with Crippen LogP contribution in [0.15, 0.2) is 48.5 Å². The molecule has 0 saturated heterocycles. The Hall–Kier alpha value is -3.35. The molecule has 7 heteroatoms. The van der Waals surface area contributed by atoms with E-state index >= 15 is 0 Å². The Labute approximate surface area is 156 Å². The highest BCUT2D eigenvalue weighted by molar-refractivity contribution is 5.94. The summed E-state index contributed by atoms with van der Waals surface area (Å²) in [6.07, 6.45) is 0.335. The van der Waals surface area contributed by atoms with Gasteiger partial charge >= 0.3 is 11.9 Å². The molecule has 0 aromatic heterocycles. The molecule has 0 aliphatic carbocycles. The van der Waals surface area contributed by atoms with Crippen LogP contribution in [0.3, 0.4) is 0 Å². The predicted molar refractivity (Wildman–Crippen MR) is 94.9 cm³/mol. The summed E-state index contributed by atoms with van der Waals surface area (Å²) in [7, 11) is 1.27. The van der Waals surface area contributed by atoms with E-state index < -0.39 is 30.5 Å². The molecule has 0 radical (unpaired) electrons. The van der Waals surface area contributed by atoms with E-state index in [9.17, 15) is 19.5 Å². The molecular weight excluding hydrogens is 350 g/mol. The van der Waals surface area contributed by atoms with E-state index in [2.05, 4.69) is 0 Å². The van der Waals surface area contributed by atoms with Crippen LogP contribution in [0.4, 0.5) is 0 Å². The number of phenolic OH excluding ortho intramolecular Hbond substituents is 1. The molecule has 1 amide bonds. The van der Waals surface area contributed by atoms with Crippen LogP contribution < -0.4 is 0 Å². The van der Waals surface area contributed by atoms with Gasteiger partial charge in [0.15, 0.2) is 6.61 Å². The molecule has 7 nitrogen and oxygen atoms in total. The molecule has 0 spiro atoms. The number of fused-ring (bicyclic) bond motifs is 1. The normalized spacial score (nSPS) is 15.6. The SMILES string of the molecule is COC(=O)[C@H]1Cc2ccccc2CN1C(=O)COC(=O)c1ccccc1O. The summed E-state index contributed by atoms with van der Waals surface area (Å²) >= 11 is 0. The van der Waals surface area contributed by atoms with Gasteiger partial charge in [0, 0.05) is 13.0 Å². The van der Waals surface area contributed by atoms with Gasteiger partial charge in [0.2, 0.25) is 0 Å². The predicted octanol–water partition coefficient (Wildman–Crippen LogP) is 1.68. The minimum atomic E-state index is -0.812. The highest BCUT2D eigenvalue weighted by Gasteiger charge is 2.35. The Morgan fingerprint density at radius 1 is 1.07 bits per heavy atom. The molecule has 1 aliphatic heterocycles. The van der Waals surface area contributed by atoms with Crippen molar-refractivity contribution in [1.29, 1.82) is 0 Å². The van der Waals surface area contributed by atoms with Crippen molar-refractivity contribution >= 4 is 17.8 Å². The number of nitrogens with zero attached hydrogens (tertiary/aromatic N) is 1. The highest BCUT2D eigenvalue weighted by Crippen LogP contribution is 2.24. The number of amides is 1. The topological polar surface area (TPSA) is 93.1 Å². The lowest BCUT2D eigenvalue weighted by Gasteiger charge is -2.35. The van der Waals surface area contributed by atoms with Crippen molar-refractivity contribution < 1.29 is 29.0 Å². The zero-order valence-electron chi connectivity index (χ0n) is 14.8. The lowest BCUT2D eigenvalue weighted by molar-refractivity contribution is -0.155. The second kappa shape index (κ2) is 7.90. The fourth-order valence-electron chi connectivity index (χ4n) is 3.07. The molecule has 1 N–H and O–H groups in total. The first kappa shape index (κ1) is 18.4. The van der Waals surface area contributed by atoms with Crippen molar-refractivity contribution in [3.63, 3.8) is 0 Å². The number of methoxy groups -OCH3 is 1. The van der Waals surface area contributed by atoms with Crippen LogP contribution in [0.25, 0.3) is 0 Å². The van der Waals surface area contributed by atoms with Crippen molar-refractivity contribution in [1.82, 2.24) is 4.90 Å². The number of aromatic hydroxyl groups is 1. The number of hydrogen-bond acceptors (Lipinski definition) is 6. The summed E-state index contributed by atoms with van der Waals surface area (Å²) < 4.78 is 9.85. The lowest BCUT2D eigenvalue weighted by atomic mass is 9.94. The Balaban J connectivity index is 1.73. The minimum Gasteiger partial charge on any atom is -0.507 e. The maximum atomic E-state index is 12.6. The number of phenols is 1. The molecule has 0 unspecified atom stereocenters. The number of esters is 2. The lowest BCUT2D eigenvalue weighted by Crippen LogP contribution is -2.50. The van der Waals surface area contributed by atoms with Crippen LogP contribution in [0.1, 0.15) is 21.5 Å². The number of carbonyl (C=O) groups excluding carboxylic acids is 3. The van der Waals surface area contributed by atoms with Gasteiger partial charge in [-0.05, 0) is 23.3 Å².